The van der Waals surface area contributed by atoms with E-state index in [1.54, 1.807) is 7.11 Å². The van der Waals surface area contributed by atoms with E-state index in [4.69, 9.17) is 52.1 Å². The average Bonchev–Trinajstić information content (AvgIpc) is 3.45. The molecule has 7 aromatic rings. The summed E-state index contributed by atoms with van der Waals surface area (Å²) in [5, 5.41) is 0. The molecule has 9 rings (SSSR count). The fraction of sp³-hybridized carbons (Fsp3) is 0.323. The third kappa shape index (κ3) is 15.5. The molecule has 2 saturated heterocycles. The molecule has 0 aliphatic carbocycles. The van der Waals surface area contributed by atoms with Crippen LogP contribution in [0.25, 0.3) is 0 Å². The maximum Gasteiger partial charge on any atom is 0.187 e. The molecule has 2 aliphatic heterocycles. The molecule has 0 spiro atoms. The number of rotatable bonds is 26. The lowest BCUT2D eigenvalue weighted by atomic mass is 9.96. The Morgan fingerprint density at radius 2 is 0.699 bits per heavy atom. The lowest BCUT2D eigenvalue weighted by Gasteiger charge is -2.48. The molecule has 0 unspecified atom stereocenters. The van der Waals surface area contributed by atoms with Crippen LogP contribution in [0.5, 0.6) is 5.75 Å². The van der Waals surface area contributed by atoms with Crippen molar-refractivity contribution >= 4 is 0 Å². The van der Waals surface area contributed by atoms with Gasteiger partial charge < -0.3 is 52.1 Å². The van der Waals surface area contributed by atoms with Gasteiger partial charge in [0.2, 0.25) is 0 Å². The summed E-state index contributed by atoms with van der Waals surface area (Å²) in [4.78, 5) is 0. The van der Waals surface area contributed by atoms with Gasteiger partial charge in [0.15, 0.2) is 6.29 Å². The highest BCUT2D eigenvalue weighted by Crippen LogP contribution is 2.35. The van der Waals surface area contributed by atoms with Gasteiger partial charge in [-0.1, -0.05) is 194 Å². The van der Waals surface area contributed by atoms with Crippen LogP contribution in [0, 0.1) is 0 Å². The first-order valence-electron chi connectivity index (χ1n) is 25.2. The maximum atomic E-state index is 7.33. The van der Waals surface area contributed by atoms with Crippen molar-refractivity contribution in [2.75, 3.05) is 26.9 Å². The number of hydrogen-bond acceptors (Lipinski definition) is 11. The molecular weight excluding hydrogens is 921 g/mol. The van der Waals surface area contributed by atoms with Crippen molar-refractivity contribution in [3.05, 3.63) is 245 Å². The van der Waals surface area contributed by atoms with Crippen LogP contribution in [0.3, 0.4) is 0 Å². The second kappa shape index (κ2) is 27.8. The topological polar surface area (TPSA) is 102 Å². The van der Waals surface area contributed by atoms with Gasteiger partial charge in [-0.15, -0.1) is 0 Å². The van der Waals surface area contributed by atoms with Crippen LogP contribution in [0.15, 0.2) is 206 Å². The molecule has 0 saturated carbocycles. The zero-order valence-electron chi connectivity index (χ0n) is 41.4. The van der Waals surface area contributed by atoms with E-state index >= 15 is 0 Å². The van der Waals surface area contributed by atoms with Crippen molar-refractivity contribution < 1.29 is 52.1 Å². The largest absolute Gasteiger partial charge is 0.497 e. The molecule has 7 aromatic carbocycles. The summed E-state index contributed by atoms with van der Waals surface area (Å²) >= 11 is 0. The number of methoxy groups -OCH3 is 1. The normalized spacial score (nSPS) is 22.9. The van der Waals surface area contributed by atoms with Crippen LogP contribution in [0.4, 0.5) is 0 Å². The lowest BCUT2D eigenvalue weighted by Crippen LogP contribution is -2.64. The predicted octanol–water partition coefficient (Wildman–Crippen LogP) is 10.9. The molecule has 2 aliphatic rings. The number of benzene rings is 7. The van der Waals surface area contributed by atoms with Gasteiger partial charge in [-0.2, -0.15) is 0 Å². The van der Waals surface area contributed by atoms with E-state index in [-0.39, 0.29) is 33.0 Å². The molecule has 9 atom stereocenters. The summed E-state index contributed by atoms with van der Waals surface area (Å²) in [6.45, 7) is 2.75. The van der Waals surface area contributed by atoms with E-state index in [1.807, 2.05) is 206 Å². The summed E-state index contributed by atoms with van der Waals surface area (Å²) in [7, 11) is 1.66. The van der Waals surface area contributed by atoms with Crippen LogP contribution in [0.2, 0.25) is 0 Å². The van der Waals surface area contributed by atoms with Crippen LogP contribution in [0.1, 0.15) is 38.9 Å². The smallest absolute Gasteiger partial charge is 0.187 e. The minimum Gasteiger partial charge on any atom is -0.497 e. The van der Waals surface area contributed by atoms with Crippen LogP contribution in [-0.2, 0) is 93.6 Å². The number of hydrogen-bond donors (Lipinski definition) is 0. The fourth-order valence-electron chi connectivity index (χ4n) is 9.07. The van der Waals surface area contributed by atoms with E-state index in [0.717, 1.165) is 44.7 Å². The third-order valence-corrected chi connectivity index (χ3v) is 13.0. The molecule has 380 valence electrons. The first-order valence-corrected chi connectivity index (χ1v) is 25.2. The van der Waals surface area contributed by atoms with E-state index in [2.05, 4.69) is 0 Å². The fourth-order valence-corrected chi connectivity index (χ4v) is 9.07. The van der Waals surface area contributed by atoms with E-state index < -0.39 is 55.1 Å². The van der Waals surface area contributed by atoms with Gasteiger partial charge in [-0.3, -0.25) is 0 Å². The molecule has 11 nitrogen and oxygen atoms in total. The maximum absolute atomic E-state index is 7.33. The molecule has 0 radical (unpaired) electrons. The standard InChI is InChI=1S/C62H66O11/c1-63-53-34-32-52(33-35-53)42-70-60-59(69-40-50-28-16-6-17-29-50)55(44-65-37-47-22-10-3-11-23-47)72-62(61(60)71-41-51-30-18-7-19-31-51)73-56-45-66-54(43-64-36-46-20-8-2-9-21-46)57(67-38-48-24-12-4-13-25-48)58(56)68-39-49-26-14-5-15-27-49/h2-35,54-62H,36-45H2,1H3/t54-,55-,56+,57-,58-,59+,60+,61-,62-/m1/s1. The predicted molar refractivity (Wildman–Crippen MR) is 277 cm³/mol. The highest BCUT2D eigenvalue weighted by Gasteiger charge is 2.52. The minimum absolute atomic E-state index is 0.149. The van der Waals surface area contributed by atoms with Gasteiger partial charge in [-0.05, 0) is 51.1 Å². The van der Waals surface area contributed by atoms with Gasteiger partial charge in [0.05, 0.1) is 73.2 Å². The molecule has 11 heteroatoms. The Bertz CT molecular complexity index is 2580. The minimum atomic E-state index is -1.02. The van der Waals surface area contributed by atoms with Crippen molar-refractivity contribution in [1.29, 1.82) is 0 Å². The SMILES string of the molecule is COc1ccc(CO[C@H]2[C@@H](OCc3ccccc3)[C@@H](COCc3ccccc3)O[C@H](O[C@H]3CO[C@H](COCc4ccccc4)[C@@H](OCc4ccccc4)[C@@H]3OCc3ccccc3)[C@@H]2OCc2ccccc2)cc1. The molecule has 0 N–H and O–H groups in total. The lowest BCUT2D eigenvalue weighted by molar-refractivity contribution is -0.354. The molecule has 0 bridgehead atoms. The Balaban J connectivity index is 1.06. The molecule has 0 amide bonds. The Morgan fingerprint density at radius 3 is 1.12 bits per heavy atom. The van der Waals surface area contributed by atoms with Gasteiger partial charge in [0, 0.05) is 0 Å². The van der Waals surface area contributed by atoms with Crippen molar-refractivity contribution in [1.82, 2.24) is 0 Å². The van der Waals surface area contributed by atoms with Gasteiger partial charge in [0.1, 0.15) is 54.6 Å². The summed E-state index contributed by atoms with van der Waals surface area (Å²) in [6.07, 6.45) is -6.41. The van der Waals surface area contributed by atoms with Gasteiger partial charge in [-0.25, -0.2) is 0 Å². The first-order chi connectivity index (χ1) is 36.1. The average molecular weight is 987 g/mol. The van der Waals surface area contributed by atoms with Gasteiger partial charge in [0.25, 0.3) is 0 Å². The van der Waals surface area contributed by atoms with Crippen molar-refractivity contribution in [3.63, 3.8) is 0 Å². The first kappa shape index (κ1) is 51.8. The second-order valence-corrected chi connectivity index (χ2v) is 18.3. The van der Waals surface area contributed by atoms with Crippen LogP contribution >= 0.6 is 0 Å². The molecule has 2 heterocycles. The second-order valence-electron chi connectivity index (χ2n) is 18.3. The Kier molecular flexibility index (Phi) is 19.8. The van der Waals surface area contributed by atoms with Crippen molar-refractivity contribution in [2.24, 2.45) is 0 Å². The van der Waals surface area contributed by atoms with E-state index in [1.165, 1.54) is 0 Å². The van der Waals surface area contributed by atoms with Crippen molar-refractivity contribution in [2.45, 2.75) is 101 Å². The van der Waals surface area contributed by atoms with E-state index in [9.17, 15) is 0 Å². The highest BCUT2D eigenvalue weighted by molar-refractivity contribution is 5.27. The van der Waals surface area contributed by atoms with Crippen LogP contribution in [-0.4, -0.2) is 82.1 Å². The summed E-state index contributed by atoms with van der Waals surface area (Å²) < 4.78 is 74.7. The monoisotopic (exact) mass is 986 g/mol. The molecule has 0 aromatic heterocycles. The molecule has 2 fully saturated rings. The summed E-state index contributed by atoms with van der Waals surface area (Å²) in [6, 6.07) is 68.4. The Morgan fingerprint density at radius 1 is 0.356 bits per heavy atom. The summed E-state index contributed by atoms with van der Waals surface area (Å²) in [5.74, 6) is 0.752. The third-order valence-electron chi connectivity index (χ3n) is 13.0. The Labute approximate surface area is 429 Å². The molecule has 73 heavy (non-hydrogen) atoms. The van der Waals surface area contributed by atoms with Crippen molar-refractivity contribution in [3.8, 4) is 5.75 Å². The highest BCUT2D eigenvalue weighted by atomic mass is 16.7. The summed E-state index contributed by atoms with van der Waals surface area (Å²) in [5.41, 5.74) is 7.03. The number of ether oxygens (including phenoxy) is 11. The van der Waals surface area contributed by atoms with Crippen LogP contribution < -0.4 is 4.74 Å². The zero-order chi connectivity index (χ0) is 49.7. The van der Waals surface area contributed by atoms with Gasteiger partial charge >= 0.3 is 0 Å². The zero-order valence-corrected chi connectivity index (χ0v) is 41.4. The van der Waals surface area contributed by atoms with E-state index in [0.29, 0.717) is 33.0 Å². The Hall–Kier alpha value is -6.06. The molecular formula is C62H66O11. The quantitative estimate of drug-likeness (QED) is 0.0518.